The minimum atomic E-state index is 0.405. The van der Waals surface area contributed by atoms with Crippen molar-refractivity contribution in [1.29, 1.82) is 0 Å². The molecule has 1 aromatic carbocycles. The van der Waals surface area contributed by atoms with Crippen LogP contribution in [0.2, 0.25) is 0 Å². The second-order valence-corrected chi connectivity index (χ2v) is 6.64. The van der Waals surface area contributed by atoms with Crippen molar-refractivity contribution < 1.29 is 4.42 Å². The van der Waals surface area contributed by atoms with Gasteiger partial charge < -0.3 is 4.42 Å². The molecule has 0 spiro atoms. The van der Waals surface area contributed by atoms with Gasteiger partial charge in [0.05, 0.1) is 5.69 Å². The maximum absolute atomic E-state index is 5.94. The molecule has 2 heterocycles. The minimum Gasteiger partial charge on any atom is -0.441 e. The Morgan fingerprint density at radius 2 is 2.04 bits per heavy atom. The van der Waals surface area contributed by atoms with Gasteiger partial charge in [0.25, 0.3) is 0 Å². The number of nitrogens with zero attached hydrogens (tertiary/aromatic N) is 2. The van der Waals surface area contributed by atoms with Gasteiger partial charge in [-0.1, -0.05) is 35.9 Å². The van der Waals surface area contributed by atoms with Gasteiger partial charge in [0.2, 0.25) is 5.89 Å². The molecule has 1 aliphatic heterocycles. The Hall–Kier alpha value is -2.13. The normalized spacial score (nSPS) is 21.1. The zero-order valence-corrected chi connectivity index (χ0v) is 14.8. The molecule has 0 radical (unpaired) electrons. The lowest BCUT2D eigenvalue weighted by Gasteiger charge is -2.36. The summed E-state index contributed by atoms with van der Waals surface area (Å²) in [6.07, 6.45) is 8.63. The van der Waals surface area contributed by atoms with E-state index in [9.17, 15) is 0 Å². The first-order valence-corrected chi connectivity index (χ1v) is 8.65. The van der Waals surface area contributed by atoms with Crippen molar-refractivity contribution in [2.45, 2.75) is 52.2 Å². The standard InChI is InChI=1S/C21H26N2O/c1-5-7-19-9-6-8-16(3)23(19)14-20-17(4)24-21(22-20)18-12-10-15(2)11-13-18/h5-6,8,10-13,16,19H,1,7,9,14H2,2-4H3/t16-,19-/m1/s1. The number of oxazole rings is 1. The number of hydrogen-bond acceptors (Lipinski definition) is 3. The highest BCUT2D eigenvalue weighted by Gasteiger charge is 2.26. The third kappa shape index (κ3) is 3.51. The summed E-state index contributed by atoms with van der Waals surface area (Å²) in [6, 6.07) is 9.20. The quantitative estimate of drug-likeness (QED) is 0.721. The Balaban J connectivity index is 1.83. The summed E-state index contributed by atoms with van der Waals surface area (Å²) in [4.78, 5) is 7.27. The summed E-state index contributed by atoms with van der Waals surface area (Å²) in [6.45, 7) is 11.0. The highest BCUT2D eigenvalue weighted by atomic mass is 16.4. The van der Waals surface area contributed by atoms with Crippen LogP contribution in [0.25, 0.3) is 11.5 Å². The first-order valence-electron chi connectivity index (χ1n) is 8.65. The van der Waals surface area contributed by atoms with Crippen molar-refractivity contribution in [2.24, 2.45) is 0 Å². The zero-order chi connectivity index (χ0) is 17.1. The second-order valence-electron chi connectivity index (χ2n) is 6.64. The third-order valence-electron chi connectivity index (χ3n) is 4.78. The SMILES string of the molecule is C=CC[C@@H]1CC=C[C@@H](C)N1Cc1nc(-c2ccc(C)cc2)oc1C. The van der Waals surface area contributed by atoms with Gasteiger partial charge in [0.1, 0.15) is 5.76 Å². The molecule has 0 bridgehead atoms. The van der Waals surface area contributed by atoms with E-state index in [0.717, 1.165) is 36.4 Å². The summed E-state index contributed by atoms with van der Waals surface area (Å²) in [5.74, 6) is 1.62. The number of rotatable bonds is 5. The van der Waals surface area contributed by atoms with Crippen molar-refractivity contribution in [3.8, 4) is 11.5 Å². The van der Waals surface area contributed by atoms with Crippen LogP contribution in [0.1, 0.15) is 36.8 Å². The van der Waals surface area contributed by atoms with E-state index in [1.807, 2.05) is 13.0 Å². The van der Waals surface area contributed by atoms with Crippen LogP contribution < -0.4 is 0 Å². The monoisotopic (exact) mass is 322 g/mol. The van der Waals surface area contributed by atoms with Crippen LogP contribution in [0.4, 0.5) is 0 Å². The fourth-order valence-corrected chi connectivity index (χ4v) is 3.28. The van der Waals surface area contributed by atoms with Gasteiger partial charge in [-0.25, -0.2) is 4.98 Å². The summed E-state index contributed by atoms with van der Waals surface area (Å²) < 4.78 is 5.94. The van der Waals surface area contributed by atoms with E-state index in [1.54, 1.807) is 0 Å². The van der Waals surface area contributed by atoms with E-state index in [2.05, 4.69) is 61.7 Å². The van der Waals surface area contributed by atoms with Crippen LogP contribution in [0.5, 0.6) is 0 Å². The lowest BCUT2D eigenvalue weighted by atomic mass is 10.00. The van der Waals surface area contributed by atoms with E-state index in [-0.39, 0.29) is 0 Å². The topological polar surface area (TPSA) is 29.3 Å². The predicted octanol–water partition coefficient (Wildman–Crippen LogP) is 5.05. The Labute approximate surface area is 144 Å². The molecule has 24 heavy (non-hydrogen) atoms. The van der Waals surface area contributed by atoms with Gasteiger partial charge in [-0.2, -0.15) is 0 Å². The van der Waals surface area contributed by atoms with Crippen LogP contribution >= 0.6 is 0 Å². The van der Waals surface area contributed by atoms with Crippen LogP contribution in [0.15, 0.2) is 53.5 Å². The summed E-state index contributed by atoms with van der Waals surface area (Å²) in [5.41, 5.74) is 3.30. The van der Waals surface area contributed by atoms with E-state index in [0.29, 0.717) is 18.0 Å². The van der Waals surface area contributed by atoms with Crippen molar-refractivity contribution in [3.63, 3.8) is 0 Å². The molecule has 2 atom stereocenters. The van der Waals surface area contributed by atoms with E-state index in [4.69, 9.17) is 9.40 Å². The molecule has 1 aliphatic rings. The van der Waals surface area contributed by atoms with E-state index in [1.165, 1.54) is 5.56 Å². The molecule has 0 fully saturated rings. The molecule has 3 heteroatoms. The van der Waals surface area contributed by atoms with Crippen molar-refractivity contribution in [3.05, 3.63) is 66.1 Å². The molecule has 3 rings (SSSR count). The Kier molecular flexibility index (Phi) is 5.00. The fourth-order valence-electron chi connectivity index (χ4n) is 3.28. The molecule has 3 nitrogen and oxygen atoms in total. The summed E-state index contributed by atoms with van der Waals surface area (Å²) >= 11 is 0. The fraction of sp³-hybridized carbons (Fsp3) is 0.381. The van der Waals surface area contributed by atoms with Gasteiger partial charge in [-0.3, -0.25) is 4.90 Å². The Bertz CT molecular complexity index is 727. The molecule has 0 N–H and O–H groups in total. The number of hydrogen-bond donors (Lipinski definition) is 0. The Morgan fingerprint density at radius 1 is 1.29 bits per heavy atom. The van der Waals surface area contributed by atoms with Crippen molar-refractivity contribution >= 4 is 0 Å². The zero-order valence-electron chi connectivity index (χ0n) is 14.8. The second kappa shape index (κ2) is 7.18. The molecule has 0 amide bonds. The molecule has 0 unspecified atom stereocenters. The Morgan fingerprint density at radius 3 is 2.75 bits per heavy atom. The molecular weight excluding hydrogens is 296 g/mol. The number of benzene rings is 1. The van der Waals surface area contributed by atoms with Crippen LogP contribution in [-0.4, -0.2) is 22.0 Å². The third-order valence-corrected chi connectivity index (χ3v) is 4.78. The van der Waals surface area contributed by atoms with Crippen molar-refractivity contribution in [2.75, 3.05) is 0 Å². The highest BCUT2D eigenvalue weighted by Crippen LogP contribution is 2.27. The van der Waals surface area contributed by atoms with Gasteiger partial charge in [-0.05, 0) is 45.7 Å². The summed E-state index contributed by atoms with van der Waals surface area (Å²) in [7, 11) is 0. The van der Waals surface area contributed by atoms with Crippen LogP contribution in [-0.2, 0) is 6.54 Å². The van der Waals surface area contributed by atoms with Crippen LogP contribution in [0.3, 0.4) is 0 Å². The predicted molar refractivity (Wildman–Crippen MR) is 98.8 cm³/mol. The highest BCUT2D eigenvalue weighted by molar-refractivity contribution is 5.54. The molecule has 0 saturated carbocycles. The van der Waals surface area contributed by atoms with E-state index < -0.39 is 0 Å². The van der Waals surface area contributed by atoms with E-state index >= 15 is 0 Å². The number of aryl methyl sites for hydroxylation is 2. The minimum absolute atomic E-state index is 0.405. The van der Waals surface area contributed by atoms with Gasteiger partial charge in [0.15, 0.2) is 0 Å². The smallest absolute Gasteiger partial charge is 0.226 e. The first-order chi connectivity index (χ1) is 11.6. The summed E-state index contributed by atoms with van der Waals surface area (Å²) in [5, 5.41) is 0. The molecule has 0 aliphatic carbocycles. The lowest BCUT2D eigenvalue weighted by Crippen LogP contribution is -2.42. The molecule has 2 aromatic rings. The molecular formula is C21H26N2O. The van der Waals surface area contributed by atoms with Crippen molar-refractivity contribution in [1.82, 2.24) is 9.88 Å². The van der Waals surface area contributed by atoms with Gasteiger partial charge in [-0.15, -0.1) is 6.58 Å². The average molecular weight is 322 g/mol. The lowest BCUT2D eigenvalue weighted by molar-refractivity contribution is 0.148. The average Bonchev–Trinajstić information content (AvgIpc) is 2.92. The van der Waals surface area contributed by atoms with Gasteiger partial charge >= 0.3 is 0 Å². The molecule has 126 valence electrons. The van der Waals surface area contributed by atoms with Crippen LogP contribution in [0, 0.1) is 13.8 Å². The maximum atomic E-state index is 5.94. The largest absolute Gasteiger partial charge is 0.441 e. The number of aromatic nitrogens is 1. The molecule has 0 saturated heterocycles. The molecule has 1 aromatic heterocycles. The van der Waals surface area contributed by atoms with Gasteiger partial charge in [0, 0.05) is 24.2 Å². The maximum Gasteiger partial charge on any atom is 0.226 e. The first kappa shape index (κ1) is 16.7.